The number of rotatable bonds is 5. The van der Waals surface area contributed by atoms with Crippen LogP contribution in [-0.2, 0) is 27.9 Å². The molecule has 27 heavy (non-hydrogen) atoms. The Morgan fingerprint density at radius 2 is 1.93 bits per heavy atom. The molecule has 1 aliphatic carbocycles. The van der Waals surface area contributed by atoms with Gasteiger partial charge < -0.3 is 15.2 Å². The number of urea groups is 1. The Bertz CT molecular complexity index is 747. The molecule has 146 valence electrons. The maximum absolute atomic E-state index is 13.1. The Hall–Kier alpha value is -1.96. The first-order valence-electron chi connectivity index (χ1n) is 9.72. The first-order valence-corrected chi connectivity index (χ1v) is 9.72. The van der Waals surface area contributed by atoms with Crippen LogP contribution in [0.15, 0.2) is 18.2 Å². The van der Waals surface area contributed by atoms with E-state index in [1.807, 2.05) is 12.1 Å². The fourth-order valence-corrected chi connectivity index (χ4v) is 4.29. The minimum Gasteiger partial charge on any atom is -0.390 e. The van der Waals surface area contributed by atoms with E-state index in [4.69, 9.17) is 4.74 Å². The minimum atomic E-state index is -1.08. The van der Waals surface area contributed by atoms with Crippen molar-refractivity contribution in [2.24, 2.45) is 0 Å². The van der Waals surface area contributed by atoms with Gasteiger partial charge in [0.2, 0.25) is 0 Å². The number of β-amino-alcohol motifs (C(OH)–C–C–N with tert-alkyl or cyclic N) is 1. The van der Waals surface area contributed by atoms with Gasteiger partial charge in [0.1, 0.15) is 5.54 Å². The molecular formula is C20H27N3O4. The van der Waals surface area contributed by atoms with Gasteiger partial charge in [0.25, 0.3) is 5.91 Å². The van der Waals surface area contributed by atoms with Crippen LogP contribution >= 0.6 is 0 Å². The summed E-state index contributed by atoms with van der Waals surface area (Å²) in [5, 5.41) is 13.2. The number of amides is 3. The summed E-state index contributed by atoms with van der Waals surface area (Å²) < 4.78 is 5.30. The normalized spacial score (nSPS) is 27.0. The van der Waals surface area contributed by atoms with Crippen molar-refractivity contribution in [2.75, 3.05) is 39.4 Å². The fourth-order valence-electron chi connectivity index (χ4n) is 4.29. The molecule has 1 aromatic carbocycles. The van der Waals surface area contributed by atoms with Gasteiger partial charge in [-0.15, -0.1) is 0 Å². The molecule has 1 aromatic rings. The third kappa shape index (κ3) is 3.47. The quantitative estimate of drug-likeness (QED) is 0.740. The summed E-state index contributed by atoms with van der Waals surface area (Å²) in [6.45, 7) is 4.98. The zero-order valence-corrected chi connectivity index (χ0v) is 15.7. The molecule has 3 amide bonds. The second-order valence-corrected chi connectivity index (χ2v) is 7.87. The number of aliphatic hydroxyl groups is 1. The van der Waals surface area contributed by atoms with Gasteiger partial charge in [0.05, 0.1) is 25.9 Å². The van der Waals surface area contributed by atoms with Gasteiger partial charge in [-0.2, -0.15) is 0 Å². The maximum Gasteiger partial charge on any atom is 0.325 e. The molecule has 2 fully saturated rings. The number of aliphatic hydroxyl groups excluding tert-OH is 1. The highest BCUT2D eigenvalue weighted by Gasteiger charge is 2.49. The van der Waals surface area contributed by atoms with Crippen LogP contribution < -0.4 is 5.32 Å². The number of morpholine rings is 1. The molecule has 7 nitrogen and oxygen atoms in total. The molecule has 2 N–H and O–H groups in total. The second-order valence-electron chi connectivity index (χ2n) is 7.87. The summed E-state index contributed by atoms with van der Waals surface area (Å²) in [5.41, 5.74) is 2.33. The molecule has 2 saturated heterocycles. The monoisotopic (exact) mass is 373 g/mol. The Balaban J connectivity index is 1.46. The zero-order valence-electron chi connectivity index (χ0n) is 15.7. The number of benzene rings is 1. The highest BCUT2D eigenvalue weighted by molar-refractivity contribution is 6.07. The van der Waals surface area contributed by atoms with Crippen LogP contribution in [0.2, 0.25) is 0 Å². The van der Waals surface area contributed by atoms with E-state index in [9.17, 15) is 14.7 Å². The summed E-state index contributed by atoms with van der Waals surface area (Å²) in [4.78, 5) is 28.8. The van der Waals surface area contributed by atoms with Gasteiger partial charge in [-0.3, -0.25) is 14.6 Å². The number of ether oxygens (including phenoxy) is 1. The molecule has 2 heterocycles. The second kappa shape index (κ2) is 7.22. The van der Waals surface area contributed by atoms with Gasteiger partial charge in [-0.25, -0.2) is 4.79 Å². The average Bonchev–Trinajstić information content (AvgIpc) is 3.21. The summed E-state index contributed by atoms with van der Waals surface area (Å²) in [6, 6.07) is 5.62. The maximum atomic E-state index is 13.1. The van der Waals surface area contributed by atoms with Crippen LogP contribution in [-0.4, -0.2) is 72.3 Å². The van der Waals surface area contributed by atoms with Gasteiger partial charge >= 0.3 is 6.03 Å². The van der Waals surface area contributed by atoms with Crippen molar-refractivity contribution in [1.82, 2.24) is 15.1 Å². The summed E-state index contributed by atoms with van der Waals surface area (Å²) in [6.07, 6.45) is 2.45. The average molecular weight is 373 g/mol. The van der Waals surface area contributed by atoms with Gasteiger partial charge in [-0.05, 0) is 42.9 Å². The molecule has 4 rings (SSSR count). The van der Waals surface area contributed by atoms with E-state index in [0.29, 0.717) is 19.8 Å². The minimum absolute atomic E-state index is 0.00253. The third-order valence-electron chi connectivity index (χ3n) is 5.92. The molecule has 0 aromatic heterocycles. The van der Waals surface area contributed by atoms with Gasteiger partial charge in [0.15, 0.2) is 0 Å². The Labute approximate surface area is 159 Å². The van der Waals surface area contributed by atoms with E-state index in [1.54, 1.807) is 6.92 Å². The third-order valence-corrected chi connectivity index (χ3v) is 5.92. The van der Waals surface area contributed by atoms with Gasteiger partial charge in [0, 0.05) is 19.6 Å². The number of fused-ring (bicyclic) bond motifs is 1. The van der Waals surface area contributed by atoms with Crippen molar-refractivity contribution in [3.63, 3.8) is 0 Å². The van der Waals surface area contributed by atoms with Gasteiger partial charge in [-0.1, -0.05) is 18.2 Å². The number of nitrogens with one attached hydrogen (secondary N) is 1. The van der Waals surface area contributed by atoms with Crippen LogP contribution in [0.5, 0.6) is 0 Å². The molecule has 0 radical (unpaired) electrons. The van der Waals surface area contributed by atoms with E-state index in [2.05, 4.69) is 16.3 Å². The molecule has 2 atom stereocenters. The van der Waals surface area contributed by atoms with Crippen molar-refractivity contribution in [1.29, 1.82) is 0 Å². The standard InChI is InChI=1S/C20H27N3O4/c1-20(16-6-5-14-3-2-4-15(14)11-16)18(25)23(19(26)21-20)13-17(24)12-22-7-9-27-10-8-22/h5-6,11,17,24H,2-4,7-10,12-13H2,1H3,(H,21,26)/t17-,20-/m0/s1. The van der Waals surface area contributed by atoms with Crippen LogP contribution in [0, 0.1) is 0 Å². The number of hydrogen-bond acceptors (Lipinski definition) is 5. The molecule has 0 saturated carbocycles. The highest BCUT2D eigenvalue weighted by atomic mass is 16.5. The van der Waals surface area contributed by atoms with Crippen LogP contribution in [0.4, 0.5) is 4.79 Å². The summed E-state index contributed by atoms with van der Waals surface area (Å²) in [7, 11) is 0. The topological polar surface area (TPSA) is 82.1 Å². The predicted octanol–water partition coefficient (Wildman–Crippen LogP) is 0.635. The van der Waals surface area contributed by atoms with E-state index in [0.717, 1.165) is 42.8 Å². The zero-order chi connectivity index (χ0) is 19.0. The SMILES string of the molecule is C[C@@]1(c2ccc3c(c2)CCC3)NC(=O)N(C[C@@H](O)CN2CCOCC2)C1=O. The lowest BCUT2D eigenvalue weighted by Crippen LogP contribution is -2.46. The van der Waals surface area contributed by atoms with E-state index in [1.165, 1.54) is 11.1 Å². The lowest BCUT2D eigenvalue weighted by molar-refractivity contribution is -0.132. The summed E-state index contributed by atoms with van der Waals surface area (Å²) in [5.74, 6) is -0.300. The number of hydrogen-bond donors (Lipinski definition) is 2. The summed E-state index contributed by atoms with van der Waals surface area (Å²) >= 11 is 0. The lowest BCUT2D eigenvalue weighted by atomic mass is 9.89. The first-order chi connectivity index (χ1) is 13.0. The number of imide groups is 1. The molecular weight excluding hydrogens is 346 g/mol. The fraction of sp³-hybridized carbons (Fsp3) is 0.600. The number of nitrogens with zero attached hydrogens (tertiary/aromatic N) is 2. The largest absolute Gasteiger partial charge is 0.390 e. The molecule has 2 aliphatic heterocycles. The van der Waals surface area contributed by atoms with E-state index >= 15 is 0 Å². The Morgan fingerprint density at radius 1 is 1.19 bits per heavy atom. The van der Waals surface area contributed by atoms with Crippen molar-refractivity contribution in [3.05, 3.63) is 34.9 Å². The van der Waals surface area contributed by atoms with Crippen molar-refractivity contribution in [3.8, 4) is 0 Å². The molecule has 3 aliphatic rings. The number of carbonyl (C=O) groups is 2. The van der Waals surface area contributed by atoms with Crippen molar-refractivity contribution >= 4 is 11.9 Å². The van der Waals surface area contributed by atoms with E-state index < -0.39 is 17.7 Å². The molecule has 0 unspecified atom stereocenters. The van der Waals surface area contributed by atoms with Crippen molar-refractivity contribution < 1.29 is 19.4 Å². The molecule has 7 heteroatoms. The van der Waals surface area contributed by atoms with E-state index in [-0.39, 0.29) is 12.5 Å². The molecule has 0 bridgehead atoms. The van der Waals surface area contributed by atoms with Crippen LogP contribution in [0.3, 0.4) is 0 Å². The van der Waals surface area contributed by atoms with Crippen LogP contribution in [0.1, 0.15) is 30.0 Å². The first kappa shape index (κ1) is 18.4. The highest BCUT2D eigenvalue weighted by Crippen LogP contribution is 2.32. The Morgan fingerprint density at radius 3 is 2.70 bits per heavy atom. The molecule has 0 spiro atoms. The smallest absolute Gasteiger partial charge is 0.325 e. The van der Waals surface area contributed by atoms with Crippen LogP contribution in [0.25, 0.3) is 0 Å². The number of aryl methyl sites for hydroxylation is 2. The predicted molar refractivity (Wildman–Crippen MR) is 99.3 cm³/mol. The lowest BCUT2D eigenvalue weighted by Gasteiger charge is -2.29. The Kier molecular flexibility index (Phi) is 4.92. The van der Waals surface area contributed by atoms with Crippen molar-refractivity contribution in [2.45, 2.75) is 37.8 Å². The number of carbonyl (C=O) groups excluding carboxylic acids is 2.